The molecular formula is C28H28N2O3. The van der Waals surface area contributed by atoms with Crippen molar-refractivity contribution in [2.75, 3.05) is 5.32 Å². The van der Waals surface area contributed by atoms with Crippen molar-refractivity contribution in [2.45, 2.75) is 38.8 Å². The largest absolute Gasteiger partial charge is 0.488 e. The van der Waals surface area contributed by atoms with E-state index in [-0.39, 0.29) is 0 Å². The van der Waals surface area contributed by atoms with Gasteiger partial charge in [-0.05, 0) is 66.8 Å². The first-order chi connectivity index (χ1) is 15.9. The van der Waals surface area contributed by atoms with Crippen LogP contribution in [0.5, 0.6) is 5.75 Å². The van der Waals surface area contributed by atoms with Crippen molar-refractivity contribution in [3.8, 4) is 11.8 Å². The van der Waals surface area contributed by atoms with E-state index in [1.165, 1.54) is 0 Å². The van der Waals surface area contributed by atoms with Crippen molar-refractivity contribution in [3.63, 3.8) is 0 Å². The summed E-state index contributed by atoms with van der Waals surface area (Å²) < 4.78 is 6.28. The van der Waals surface area contributed by atoms with Crippen LogP contribution in [0.3, 0.4) is 0 Å². The van der Waals surface area contributed by atoms with E-state index in [9.17, 15) is 9.90 Å². The van der Waals surface area contributed by atoms with E-state index in [0.717, 1.165) is 23.1 Å². The van der Waals surface area contributed by atoms with Crippen molar-refractivity contribution in [1.82, 2.24) is 0 Å². The average Bonchev–Trinajstić information content (AvgIpc) is 2.84. The zero-order valence-electron chi connectivity index (χ0n) is 19.0. The van der Waals surface area contributed by atoms with Gasteiger partial charge in [-0.15, -0.1) is 6.58 Å². The van der Waals surface area contributed by atoms with E-state index < -0.39 is 11.5 Å². The lowest BCUT2D eigenvalue weighted by atomic mass is 9.86. The van der Waals surface area contributed by atoms with Gasteiger partial charge in [0, 0.05) is 11.3 Å². The van der Waals surface area contributed by atoms with Gasteiger partial charge in [-0.2, -0.15) is 5.26 Å². The Bertz CT molecular complexity index is 1160. The number of benzene rings is 3. The fraction of sp³-hybridized carbons (Fsp3) is 0.214. The van der Waals surface area contributed by atoms with Gasteiger partial charge in [0.15, 0.2) is 5.54 Å². The van der Waals surface area contributed by atoms with Crippen LogP contribution in [-0.2, 0) is 29.8 Å². The minimum atomic E-state index is -1.47. The molecule has 0 fully saturated rings. The van der Waals surface area contributed by atoms with Crippen molar-refractivity contribution in [2.24, 2.45) is 0 Å². The van der Waals surface area contributed by atoms with Crippen LogP contribution < -0.4 is 10.1 Å². The molecule has 1 atom stereocenters. The number of carboxylic acid groups (broad SMARTS) is 1. The summed E-state index contributed by atoms with van der Waals surface area (Å²) in [5, 5.41) is 22.6. The summed E-state index contributed by atoms with van der Waals surface area (Å²) >= 11 is 0. The average molecular weight is 441 g/mol. The number of anilines is 1. The highest BCUT2D eigenvalue weighted by Crippen LogP contribution is 2.38. The van der Waals surface area contributed by atoms with E-state index in [0.29, 0.717) is 35.6 Å². The van der Waals surface area contributed by atoms with E-state index >= 15 is 0 Å². The Balaban J connectivity index is 2.12. The molecule has 0 amide bonds. The Morgan fingerprint density at radius 2 is 1.85 bits per heavy atom. The van der Waals surface area contributed by atoms with Gasteiger partial charge in [-0.3, -0.25) is 0 Å². The van der Waals surface area contributed by atoms with Crippen LogP contribution in [0.4, 0.5) is 5.69 Å². The minimum Gasteiger partial charge on any atom is -0.488 e. The maximum absolute atomic E-state index is 12.7. The summed E-state index contributed by atoms with van der Waals surface area (Å²) in [6, 6.07) is 22.5. The number of carboxylic acids is 1. The predicted octanol–water partition coefficient (Wildman–Crippen LogP) is 5.84. The zero-order valence-corrected chi connectivity index (χ0v) is 19.0. The fourth-order valence-corrected chi connectivity index (χ4v) is 3.69. The highest BCUT2D eigenvalue weighted by molar-refractivity contribution is 5.85. The van der Waals surface area contributed by atoms with Crippen molar-refractivity contribution >= 4 is 11.7 Å². The third-order valence-corrected chi connectivity index (χ3v) is 5.60. The Morgan fingerprint density at radius 3 is 2.42 bits per heavy atom. The van der Waals surface area contributed by atoms with Crippen LogP contribution in [0.2, 0.25) is 0 Å². The van der Waals surface area contributed by atoms with E-state index in [2.05, 4.69) is 24.0 Å². The molecule has 33 heavy (non-hydrogen) atoms. The van der Waals surface area contributed by atoms with Crippen LogP contribution in [-0.4, -0.2) is 11.1 Å². The number of aryl methyl sites for hydroxylation is 1. The summed E-state index contributed by atoms with van der Waals surface area (Å²) in [6.07, 6.45) is 3.10. The molecule has 0 spiro atoms. The van der Waals surface area contributed by atoms with Crippen molar-refractivity contribution < 1.29 is 14.6 Å². The first kappa shape index (κ1) is 23.6. The molecule has 0 aliphatic rings. The number of nitrogens with one attached hydrogen (secondary N) is 1. The number of ether oxygens (including phenoxy) is 1. The summed E-state index contributed by atoms with van der Waals surface area (Å²) in [4.78, 5) is 12.7. The number of rotatable bonds is 10. The van der Waals surface area contributed by atoms with Crippen LogP contribution in [0.15, 0.2) is 79.4 Å². The fourth-order valence-electron chi connectivity index (χ4n) is 3.69. The minimum absolute atomic E-state index is 0.315. The predicted molar refractivity (Wildman–Crippen MR) is 130 cm³/mol. The van der Waals surface area contributed by atoms with Crippen molar-refractivity contribution in [1.29, 1.82) is 5.26 Å². The first-order valence-corrected chi connectivity index (χ1v) is 10.9. The smallest absolute Gasteiger partial charge is 0.333 e. The van der Waals surface area contributed by atoms with Gasteiger partial charge < -0.3 is 15.2 Å². The molecule has 0 bridgehead atoms. The second-order valence-electron chi connectivity index (χ2n) is 8.00. The van der Waals surface area contributed by atoms with Gasteiger partial charge in [0.1, 0.15) is 12.4 Å². The number of aliphatic carboxylic acids is 1. The van der Waals surface area contributed by atoms with Gasteiger partial charge >= 0.3 is 5.97 Å². The number of nitriles is 1. The molecule has 3 aromatic rings. The molecule has 5 heteroatoms. The monoisotopic (exact) mass is 440 g/mol. The van der Waals surface area contributed by atoms with Crippen molar-refractivity contribution in [3.05, 3.63) is 107 Å². The number of hydrogen-bond donors (Lipinski definition) is 2. The molecule has 1 unspecified atom stereocenters. The molecule has 0 aliphatic heterocycles. The number of hydrogen-bond acceptors (Lipinski definition) is 4. The molecule has 5 nitrogen and oxygen atoms in total. The van der Waals surface area contributed by atoms with E-state index in [1.54, 1.807) is 37.3 Å². The molecule has 0 saturated carbocycles. The first-order valence-electron chi connectivity index (χ1n) is 10.9. The molecule has 0 aromatic heterocycles. The highest BCUT2D eigenvalue weighted by atomic mass is 16.5. The number of carbonyl (C=O) groups is 1. The molecule has 0 aliphatic carbocycles. The lowest BCUT2D eigenvalue weighted by molar-refractivity contribution is -0.142. The summed E-state index contributed by atoms with van der Waals surface area (Å²) in [6.45, 7) is 7.85. The van der Waals surface area contributed by atoms with Crippen LogP contribution in [0, 0.1) is 11.3 Å². The lowest BCUT2D eigenvalue weighted by Crippen LogP contribution is -2.41. The van der Waals surface area contributed by atoms with Crippen LogP contribution >= 0.6 is 0 Å². The third-order valence-electron chi connectivity index (χ3n) is 5.60. The summed E-state index contributed by atoms with van der Waals surface area (Å²) in [5.74, 6) is -0.490. The summed E-state index contributed by atoms with van der Waals surface area (Å²) in [7, 11) is 0. The Kier molecular flexibility index (Phi) is 7.53. The van der Waals surface area contributed by atoms with Gasteiger partial charge in [-0.25, -0.2) is 4.79 Å². The van der Waals surface area contributed by atoms with Gasteiger partial charge in [0.05, 0.1) is 11.6 Å². The van der Waals surface area contributed by atoms with Gasteiger partial charge in [0.25, 0.3) is 0 Å². The van der Waals surface area contributed by atoms with E-state index in [1.807, 2.05) is 43.3 Å². The Morgan fingerprint density at radius 1 is 1.15 bits per heavy atom. The lowest BCUT2D eigenvalue weighted by Gasteiger charge is -2.31. The van der Waals surface area contributed by atoms with Gasteiger partial charge in [-0.1, -0.05) is 49.4 Å². The van der Waals surface area contributed by atoms with Crippen LogP contribution in [0.25, 0.3) is 0 Å². The Labute approximate surface area is 195 Å². The third kappa shape index (κ3) is 5.42. The van der Waals surface area contributed by atoms with Crippen LogP contribution in [0.1, 0.15) is 41.7 Å². The maximum atomic E-state index is 12.7. The molecule has 0 heterocycles. The SMILES string of the molecule is C=CCc1cc(CC)cc(C(C)(Nc2ccc(C#N)cc2)C(=O)O)c1OCc1ccccc1. The zero-order chi connectivity index (χ0) is 23.8. The molecule has 3 aromatic carbocycles. The maximum Gasteiger partial charge on any atom is 0.333 e. The molecule has 0 radical (unpaired) electrons. The quantitative estimate of drug-likeness (QED) is 0.387. The normalized spacial score (nSPS) is 12.3. The second-order valence-corrected chi connectivity index (χ2v) is 8.00. The molecule has 0 saturated heterocycles. The Hall–Kier alpha value is -4.04. The molecule has 168 valence electrons. The topological polar surface area (TPSA) is 82.4 Å². The second kappa shape index (κ2) is 10.5. The van der Waals surface area contributed by atoms with E-state index in [4.69, 9.17) is 10.00 Å². The molecular weight excluding hydrogens is 412 g/mol. The molecule has 3 rings (SSSR count). The number of nitrogens with zero attached hydrogens (tertiary/aromatic N) is 1. The number of allylic oxidation sites excluding steroid dienone is 1. The van der Waals surface area contributed by atoms with Gasteiger partial charge in [0.2, 0.25) is 0 Å². The standard InChI is InChI=1S/C28H28N2O3/c1-4-9-23-16-20(5-2)17-25(26(23)33-19-22-10-7-6-8-11-22)28(3,27(31)32)30-24-14-12-21(18-29)13-15-24/h4,6-8,10-17,30H,1,5,9,19H2,2-3H3,(H,31,32). The molecule has 2 N–H and O–H groups in total. The summed E-state index contributed by atoms with van der Waals surface area (Å²) in [5.41, 5.74) is 3.08. The highest BCUT2D eigenvalue weighted by Gasteiger charge is 2.39.